The topological polar surface area (TPSA) is 41.7 Å². The van der Waals surface area contributed by atoms with E-state index >= 15 is 0 Å². The summed E-state index contributed by atoms with van der Waals surface area (Å²) in [5.41, 5.74) is 6.36. The average Bonchev–Trinajstić information content (AvgIpc) is 3.09. The largest absolute Gasteiger partial charge is 0.376 e. The van der Waals surface area contributed by atoms with Crippen LogP contribution in [-0.4, -0.2) is 66.8 Å². The van der Waals surface area contributed by atoms with E-state index in [1.807, 2.05) is 0 Å². The van der Waals surface area contributed by atoms with Gasteiger partial charge in [0.1, 0.15) is 0 Å². The molecule has 17 heavy (non-hydrogen) atoms. The van der Waals surface area contributed by atoms with Crippen LogP contribution in [0.4, 0.5) is 0 Å². The molecule has 3 fully saturated rings. The standard InChI is InChI=1S/C13H25N3O/c1-11-8-16(6-7-17-11)13(9-14)4-5-15(10-13)12-2-3-12/h11-12H,2-10,14H2,1H3. The van der Waals surface area contributed by atoms with Crippen LogP contribution in [0, 0.1) is 0 Å². The molecule has 1 aliphatic carbocycles. The van der Waals surface area contributed by atoms with Crippen molar-refractivity contribution in [3.63, 3.8) is 0 Å². The summed E-state index contributed by atoms with van der Waals surface area (Å²) >= 11 is 0. The van der Waals surface area contributed by atoms with Crippen LogP contribution < -0.4 is 5.73 Å². The van der Waals surface area contributed by atoms with Crippen LogP contribution in [0.3, 0.4) is 0 Å². The fraction of sp³-hybridized carbons (Fsp3) is 1.00. The lowest BCUT2D eigenvalue weighted by atomic mass is 9.95. The highest BCUT2D eigenvalue weighted by Gasteiger charge is 2.46. The summed E-state index contributed by atoms with van der Waals surface area (Å²) in [6.45, 7) is 8.36. The Kier molecular flexibility index (Phi) is 3.15. The number of hydrogen-bond acceptors (Lipinski definition) is 4. The SMILES string of the molecule is CC1CN(C2(CN)CCN(C3CC3)C2)CCO1. The summed E-state index contributed by atoms with van der Waals surface area (Å²) in [4.78, 5) is 5.26. The third kappa shape index (κ3) is 2.24. The van der Waals surface area contributed by atoms with Crippen molar-refractivity contribution < 1.29 is 4.74 Å². The molecular formula is C13H25N3O. The van der Waals surface area contributed by atoms with Gasteiger partial charge in [0.15, 0.2) is 0 Å². The van der Waals surface area contributed by atoms with E-state index < -0.39 is 0 Å². The fourth-order valence-corrected chi connectivity index (χ4v) is 3.44. The second-order valence-electron chi connectivity index (χ2n) is 6.01. The van der Waals surface area contributed by atoms with Crippen molar-refractivity contribution in [2.24, 2.45) is 5.73 Å². The minimum absolute atomic E-state index is 0.237. The minimum atomic E-state index is 0.237. The van der Waals surface area contributed by atoms with Gasteiger partial charge >= 0.3 is 0 Å². The molecule has 2 saturated heterocycles. The van der Waals surface area contributed by atoms with Crippen molar-refractivity contribution in [3.05, 3.63) is 0 Å². The van der Waals surface area contributed by atoms with Crippen LogP contribution in [0.1, 0.15) is 26.2 Å². The van der Waals surface area contributed by atoms with Gasteiger partial charge in [-0.05, 0) is 26.2 Å². The summed E-state index contributed by atoms with van der Waals surface area (Å²) in [6, 6.07) is 0.877. The Hall–Kier alpha value is -0.160. The minimum Gasteiger partial charge on any atom is -0.376 e. The maximum Gasteiger partial charge on any atom is 0.0674 e. The smallest absolute Gasteiger partial charge is 0.0674 e. The van der Waals surface area contributed by atoms with Crippen LogP contribution in [0.5, 0.6) is 0 Å². The Balaban J connectivity index is 1.68. The van der Waals surface area contributed by atoms with Crippen LogP contribution >= 0.6 is 0 Å². The van der Waals surface area contributed by atoms with Crippen LogP contribution in [-0.2, 0) is 4.74 Å². The molecule has 0 aromatic rings. The zero-order valence-electron chi connectivity index (χ0n) is 10.9. The van der Waals surface area contributed by atoms with Crippen molar-refractivity contribution in [1.82, 2.24) is 9.80 Å². The van der Waals surface area contributed by atoms with E-state index in [-0.39, 0.29) is 5.54 Å². The number of hydrogen-bond donors (Lipinski definition) is 1. The first-order valence-corrected chi connectivity index (χ1v) is 7.04. The van der Waals surface area contributed by atoms with Crippen LogP contribution in [0.15, 0.2) is 0 Å². The van der Waals surface area contributed by atoms with Gasteiger partial charge < -0.3 is 10.5 Å². The predicted molar refractivity (Wildman–Crippen MR) is 68.0 cm³/mol. The number of morpholine rings is 1. The number of likely N-dealkylation sites (tertiary alicyclic amines) is 1. The molecule has 0 radical (unpaired) electrons. The lowest BCUT2D eigenvalue weighted by Gasteiger charge is -2.44. The van der Waals surface area contributed by atoms with E-state index in [0.29, 0.717) is 6.10 Å². The number of nitrogens with two attached hydrogens (primary N) is 1. The van der Waals surface area contributed by atoms with Crippen molar-refractivity contribution >= 4 is 0 Å². The molecule has 98 valence electrons. The third-order valence-electron chi connectivity index (χ3n) is 4.72. The van der Waals surface area contributed by atoms with Gasteiger partial charge in [-0.15, -0.1) is 0 Å². The fourth-order valence-electron chi connectivity index (χ4n) is 3.44. The van der Waals surface area contributed by atoms with Crippen molar-refractivity contribution in [2.75, 3.05) is 39.3 Å². The zero-order valence-corrected chi connectivity index (χ0v) is 10.9. The first-order chi connectivity index (χ1) is 8.23. The molecule has 2 atom stereocenters. The van der Waals surface area contributed by atoms with Gasteiger partial charge in [-0.25, -0.2) is 0 Å². The zero-order chi connectivity index (χ0) is 11.9. The maximum atomic E-state index is 6.12. The molecule has 2 N–H and O–H groups in total. The molecule has 0 aromatic heterocycles. The second-order valence-corrected chi connectivity index (χ2v) is 6.01. The number of rotatable bonds is 3. The van der Waals surface area contributed by atoms with Crippen molar-refractivity contribution in [3.8, 4) is 0 Å². The summed E-state index contributed by atoms with van der Waals surface area (Å²) < 4.78 is 5.65. The second kappa shape index (κ2) is 4.50. The van der Waals surface area contributed by atoms with E-state index in [1.165, 1.54) is 32.4 Å². The predicted octanol–water partition coefficient (Wildman–Crippen LogP) is 0.273. The van der Waals surface area contributed by atoms with Crippen LogP contribution in [0.2, 0.25) is 0 Å². The first kappa shape index (κ1) is 11.9. The molecule has 0 bridgehead atoms. The number of ether oxygens (including phenoxy) is 1. The molecule has 0 amide bonds. The summed E-state index contributed by atoms with van der Waals surface area (Å²) in [5, 5.41) is 0. The molecule has 3 rings (SSSR count). The third-order valence-corrected chi connectivity index (χ3v) is 4.72. The highest BCUT2D eigenvalue weighted by Crippen LogP contribution is 2.36. The van der Waals surface area contributed by atoms with E-state index in [0.717, 1.165) is 32.3 Å². The molecule has 4 heteroatoms. The van der Waals surface area contributed by atoms with E-state index in [2.05, 4.69) is 16.7 Å². The Morgan fingerprint density at radius 2 is 2.18 bits per heavy atom. The van der Waals surface area contributed by atoms with Gasteiger partial charge in [0.25, 0.3) is 0 Å². The molecule has 0 spiro atoms. The monoisotopic (exact) mass is 239 g/mol. The lowest BCUT2D eigenvalue weighted by Crippen LogP contribution is -2.60. The molecule has 2 aliphatic heterocycles. The normalized spacial score (nSPS) is 40.9. The Morgan fingerprint density at radius 3 is 2.82 bits per heavy atom. The van der Waals surface area contributed by atoms with E-state index in [4.69, 9.17) is 10.5 Å². The highest BCUT2D eigenvalue weighted by molar-refractivity contribution is 5.04. The molecule has 3 aliphatic rings. The van der Waals surface area contributed by atoms with Crippen molar-refractivity contribution in [2.45, 2.75) is 43.9 Å². The van der Waals surface area contributed by atoms with Crippen LogP contribution in [0.25, 0.3) is 0 Å². The van der Waals surface area contributed by atoms with Crippen molar-refractivity contribution in [1.29, 1.82) is 0 Å². The van der Waals surface area contributed by atoms with Gasteiger partial charge in [0.05, 0.1) is 12.7 Å². The van der Waals surface area contributed by atoms with E-state index in [9.17, 15) is 0 Å². The van der Waals surface area contributed by atoms with Gasteiger partial charge in [-0.1, -0.05) is 0 Å². The molecule has 4 nitrogen and oxygen atoms in total. The molecular weight excluding hydrogens is 214 g/mol. The highest BCUT2D eigenvalue weighted by atomic mass is 16.5. The number of nitrogens with zero attached hydrogens (tertiary/aromatic N) is 2. The summed E-state index contributed by atoms with van der Waals surface area (Å²) in [6.07, 6.45) is 4.41. The maximum absolute atomic E-state index is 6.12. The summed E-state index contributed by atoms with van der Waals surface area (Å²) in [7, 11) is 0. The Morgan fingerprint density at radius 1 is 1.35 bits per heavy atom. The average molecular weight is 239 g/mol. The van der Waals surface area contributed by atoms with Gasteiger partial charge in [-0.2, -0.15) is 0 Å². The van der Waals surface area contributed by atoms with Gasteiger partial charge in [-0.3, -0.25) is 9.80 Å². The Bertz CT molecular complexity index is 282. The first-order valence-electron chi connectivity index (χ1n) is 7.04. The molecule has 2 heterocycles. The lowest BCUT2D eigenvalue weighted by molar-refractivity contribution is -0.0580. The quantitative estimate of drug-likeness (QED) is 0.768. The molecule has 1 saturated carbocycles. The Labute approximate surface area is 104 Å². The molecule has 2 unspecified atom stereocenters. The van der Waals surface area contributed by atoms with E-state index in [1.54, 1.807) is 0 Å². The summed E-state index contributed by atoms with van der Waals surface area (Å²) in [5.74, 6) is 0. The van der Waals surface area contributed by atoms with Gasteiger partial charge in [0.2, 0.25) is 0 Å². The molecule has 0 aromatic carbocycles. The van der Waals surface area contributed by atoms with Gasteiger partial charge in [0, 0.05) is 44.3 Å².